The molecule has 1 unspecified atom stereocenters. The maximum atomic E-state index is 13.2. The SMILES string of the molecule is CC(C(=O)c1ccc(F)c(F)c1)N(C)Cc1cscn1. The molecule has 0 aliphatic carbocycles. The lowest BCUT2D eigenvalue weighted by atomic mass is 10.0. The summed E-state index contributed by atoms with van der Waals surface area (Å²) in [7, 11) is 1.79. The maximum absolute atomic E-state index is 13.2. The summed E-state index contributed by atoms with van der Waals surface area (Å²) in [6, 6.07) is 2.76. The van der Waals surface area contributed by atoms with Crippen LogP contribution in [0.4, 0.5) is 8.78 Å². The smallest absolute Gasteiger partial charge is 0.179 e. The fraction of sp³-hybridized carbons (Fsp3) is 0.286. The third-order valence-electron chi connectivity index (χ3n) is 3.14. The molecule has 0 fully saturated rings. The van der Waals surface area contributed by atoms with E-state index in [4.69, 9.17) is 0 Å². The summed E-state index contributed by atoms with van der Waals surface area (Å²) >= 11 is 1.49. The molecule has 2 rings (SSSR count). The molecule has 0 amide bonds. The highest BCUT2D eigenvalue weighted by molar-refractivity contribution is 7.07. The molecule has 106 valence electrons. The zero-order valence-corrected chi connectivity index (χ0v) is 12.0. The number of likely N-dealkylation sites (N-methyl/N-ethyl adjacent to an activating group) is 1. The van der Waals surface area contributed by atoms with Crippen molar-refractivity contribution in [3.8, 4) is 0 Å². The second kappa shape index (κ2) is 6.19. The molecule has 0 radical (unpaired) electrons. The zero-order valence-electron chi connectivity index (χ0n) is 11.1. The van der Waals surface area contributed by atoms with E-state index in [1.165, 1.54) is 17.4 Å². The molecule has 0 aliphatic heterocycles. The Morgan fingerprint density at radius 1 is 1.40 bits per heavy atom. The van der Waals surface area contributed by atoms with E-state index in [0.29, 0.717) is 6.54 Å². The number of carbonyl (C=O) groups excluding carboxylic acids is 1. The number of Topliss-reactive ketones (excluding diaryl/α,β-unsaturated/α-hetero) is 1. The minimum Gasteiger partial charge on any atom is -0.292 e. The van der Waals surface area contributed by atoms with Crippen LogP contribution in [0.15, 0.2) is 29.1 Å². The molecule has 1 heterocycles. The molecule has 0 N–H and O–H groups in total. The van der Waals surface area contributed by atoms with Crippen LogP contribution in [0.2, 0.25) is 0 Å². The molecular weight excluding hydrogens is 282 g/mol. The molecule has 0 saturated heterocycles. The molecule has 0 aliphatic rings. The Balaban J connectivity index is 2.09. The Morgan fingerprint density at radius 3 is 2.75 bits per heavy atom. The first kappa shape index (κ1) is 14.7. The molecule has 6 heteroatoms. The second-order valence-electron chi connectivity index (χ2n) is 4.56. The third-order valence-corrected chi connectivity index (χ3v) is 3.77. The Kier molecular flexibility index (Phi) is 4.57. The van der Waals surface area contributed by atoms with Crippen LogP contribution in [-0.4, -0.2) is 28.8 Å². The van der Waals surface area contributed by atoms with Crippen LogP contribution in [0.25, 0.3) is 0 Å². The highest BCUT2D eigenvalue weighted by Gasteiger charge is 2.21. The van der Waals surface area contributed by atoms with E-state index < -0.39 is 17.7 Å². The number of benzene rings is 1. The fourth-order valence-corrected chi connectivity index (χ4v) is 2.35. The summed E-state index contributed by atoms with van der Waals surface area (Å²) in [5.41, 5.74) is 2.77. The quantitative estimate of drug-likeness (QED) is 0.795. The number of ketones is 1. The molecule has 20 heavy (non-hydrogen) atoms. The molecule has 1 aromatic heterocycles. The van der Waals surface area contributed by atoms with E-state index in [1.807, 2.05) is 10.3 Å². The van der Waals surface area contributed by atoms with Crippen molar-refractivity contribution >= 4 is 17.1 Å². The number of carbonyl (C=O) groups is 1. The second-order valence-corrected chi connectivity index (χ2v) is 5.28. The van der Waals surface area contributed by atoms with Gasteiger partial charge in [0.25, 0.3) is 0 Å². The van der Waals surface area contributed by atoms with Gasteiger partial charge in [-0.2, -0.15) is 0 Å². The van der Waals surface area contributed by atoms with Crippen LogP contribution in [-0.2, 0) is 6.54 Å². The van der Waals surface area contributed by atoms with Gasteiger partial charge in [-0.25, -0.2) is 13.8 Å². The molecule has 1 atom stereocenters. The van der Waals surface area contributed by atoms with E-state index in [1.54, 1.807) is 19.5 Å². The average Bonchev–Trinajstić information content (AvgIpc) is 2.93. The summed E-state index contributed by atoms with van der Waals surface area (Å²) in [6.07, 6.45) is 0. The van der Waals surface area contributed by atoms with Crippen molar-refractivity contribution in [1.82, 2.24) is 9.88 Å². The molecule has 2 aromatic rings. The van der Waals surface area contributed by atoms with Gasteiger partial charge >= 0.3 is 0 Å². The van der Waals surface area contributed by atoms with Gasteiger partial charge in [0.2, 0.25) is 0 Å². The first-order valence-corrected chi connectivity index (χ1v) is 7.00. The van der Waals surface area contributed by atoms with Crippen LogP contribution in [0, 0.1) is 11.6 Å². The number of thiazole rings is 1. The highest BCUT2D eigenvalue weighted by atomic mass is 32.1. The average molecular weight is 296 g/mol. The first-order chi connectivity index (χ1) is 9.49. The van der Waals surface area contributed by atoms with Crippen LogP contribution >= 0.6 is 11.3 Å². The Morgan fingerprint density at radius 2 is 2.15 bits per heavy atom. The Labute approximate surface area is 119 Å². The van der Waals surface area contributed by atoms with Crippen molar-refractivity contribution in [2.45, 2.75) is 19.5 Å². The van der Waals surface area contributed by atoms with E-state index in [-0.39, 0.29) is 11.3 Å². The predicted octanol–water partition coefficient (Wildman–Crippen LogP) is 3.12. The molecule has 0 bridgehead atoms. The standard InChI is InChI=1S/C14H14F2N2OS/c1-9(18(2)6-11-7-20-8-17-11)14(19)10-3-4-12(15)13(16)5-10/h3-5,7-9H,6H2,1-2H3. The molecular formula is C14H14F2N2OS. The number of hydrogen-bond acceptors (Lipinski definition) is 4. The minimum atomic E-state index is -1.01. The van der Waals surface area contributed by atoms with Gasteiger partial charge in [0.05, 0.1) is 17.2 Å². The van der Waals surface area contributed by atoms with Crippen molar-refractivity contribution in [3.05, 3.63) is 52.0 Å². The lowest BCUT2D eigenvalue weighted by Crippen LogP contribution is -2.35. The van der Waals surface area contributed by atoms with Gasteiger partial charge < -0.3 is 0 Å². The molecule has 1 aromatic carbocycles. The largest absolute Gasteiger partial charge is 0.292 e. The minimum absolute atomic E-state index is 0.168. The van der Waals surface area contributed by atoms with Gasteiger partial charge in [0.1, 0.15) is 0 Å². The number of nitrogens with zero attached hydrogens (tertiary/aromatic N) is 2. The van der Waals surface area contributed by atoms with Crippen LogP contribution < -0.4 is 0 Å². The van der Waals surface area contributed by atoms with Crippen molar-refractivity contribution in [2.75, 3.05) is 7.05 Å². The van der Waals surface area contributed by atoms with Crippen molar-refractivity contribution in [3.63, 3.8) is 0 Å². The summed E-state index contributed by atoms with van der Waals surface area (Å²) in [5, 5.41) is 1.91. The summed E-state index contributed by atoms with van der Waals surface area (Å²) in [4.78, 5) is 18.2. The summed E-state index contributed by atoms with van der Waals surface area (Å²) < 4.78 is 26.0. The van der Waals surface area contributed by atoms with Crippen LogP contribution in [0.1, 0.15) is 23.0 Å². The van der Waals surface area contributed by atoms with E-state index >= 15 is 0 Å². The number of halogens is 2. The van der Waals surface area contributed by atoms with Crippen molar-refractivity contribution in [1.29, 1.82) is 0 Å². The van der Waals surface area contributed by atoms with Crippen LogP contribution in [0.3, 0.4) is 0 Å². The number of rotatable bonds is 5. The molecule has 0 spiro atoms. The van der Waals surface area contributed by atoms with Gasteiger partial charge in [0, 0.05) is 17.5 Å². The first-order valence-electron chi connectivity index (χ1n) is 6.05. The van der Waals surface area contributed by atoms with Crippen molar-refractivity contribution in [2.24, 2.45) is 0 Å². The molecule has 3 nitrogen and oxygen atoms in total. The Hall–Kier alpha value is -1.66. The lowest BCUT2D eigenvalue weighted by molar-refractivity contribution is 0.0860. The van der Waals surface area contributed by atoms with E-state index in [9.17, 15) is 13.6 Å². The van der Waals surface area contributed by atoms with E-state index in [0.717, 1.165) is 17.8 Å². The van der Waals surface area contributed by atoms with Crippen molar-refractivity contribution < 1.29 is 13.6 Å². The van der Waals surface area contributed by atoms with Gasteiger partial charge in [-0.05, 0) is 32.2 Å². The topological polar surface area (TPSA) is 33.2 Å². The summed E-state index contributed by atoms with van der Waals surface area (Å²) in [5.74, 6) is -2.21. The number of aromatic nitrogens is 1. The van der Waals surface area contributed by atoms with Crippen LogP contribution in [0.5, 0.6) is 0 Å². The van der Waals surface area contributed by atoms with Gasteiger partial charge in [0.15, 0.2) is 17.4 Å². The lowest BCUT2D eigenvalue weighted by Gasteiger charge is -2.22. The third kappa shape index (κ3) is 3.26. The predicted molar refractivity (Wildman–Crippen MR) is 73.7 cm³/mol. The molecule has 0 saturated carbocycles. The van der Waals surface area contributed by atoms with Gasteiger partial charge in [-0.1, -0.05) is 0 Å². The highest BCUT2D eigenvalue weighted by Crippen LogP contribution is 2.14. The normalized spacial score (nSPS) is 12.7. The monoisotopic (exact) mass is 296 g/mol. The summed E-state index contributed by atoms with van der Waals surface area (Å²) in [6.45, 7) is 2.26. The van der Waals surface area contributed by atoms with Gasteiger partial charge in [-0.15, -0.1) is 11.3 Å². The number of hydrogen-bond donors (Lipinski definition) is 0. The maximum Gasteiger partial charge on any atom is 0.179 e. The van der Waals surface area contributed by atoms with E-state index in [2.05, 4.69) is 4.98 Å². The Bertz CT molecular complexity index is 601. The van der Waals surface area contributed by atoms with Gasteiger partial charge in [-0.3, -0.25) is 9.69 Å². The zero-order chi connectivity index (χ0) is 14.7. The fourth-order valence-electron chi connectivity index (χ4n) is 1.80.